The topological polar surface area (TPSA) is 206 Å². The fourth-order valence-electron chi connectivity index (χ4n) is 6.01. The number of ketones is 2. The van der Waals surface area contributed by atoms with Crippen LogP contribution in [0.2, 0.25) is 15.2 Å². The van der Waals surface area contributed by atoms with E-state index in [0.29, 0.717) is 41.4 Å². The minimum absolute atomic E-state index is 0.0142. The second-order valence-corrected chi connectivity index (χ2v) is 14.4. The molecule has 2 aromatic carbocycles. The summed E-state index contributed by atoms with van der Waals surface area (Å²) in [5.74, 6) is -3.05. The van der Waals surface area contributed by atoms with E-state index in [0.717, 1.165) is 25.7 Å². The van der Waals surface area contributed by atoms with E-state index in [2.05, 4.69) is 26.3 Å². The molecule has 0 radical (unpaired) electrons. The Balaban J connectivity index is 1.25. The lowest BCUT2D eigenvalue weighted by Gasteiger charge is -2.14. The van der Waals surface area contributed by atoms with Crippen LogP contribution in [0, 0.1) is 6.92 Å². The smallest absolute Gasteiger partial charge is 0.327 e. The zero-order chi connectivity index (χ0) is 41.7. The van der Waals surface area contributed by atoms with E-state index in [9.17, 15) is 29.4 Å². The number of phenols is 2. The van der Waals surface area contributed by atoms with Gasteiger partial charge in [0.25, 0.3) is 0 Å². The van der Waals surface area contributed by atoms with Gasteiger partial charge in [-0.15, -0.1) is 10.6 Å². The van der Waals surface area contributed by atoms with Gasteiger partial charge in [0, 0.05) is 23.0 Å². The van der Waals surface area contributed by atoms with Gasteiger partial charge in [-0.3, -0.25) is 24.2 Å². The van der Waals surface area contributed by atoms with Crippen LogP contribution in [0.25, 0.3) is 22.6 Å². The average Bonchev–Trinajstić information content (AvgIpc) is 3.98. The van der Waals surface area contributed by atoms with E-state index in [-0.39, 0.29) is 62.2 Å². The number of esters is 2. The summed E-state index contributed by atoms with van der Waals surface area (Å²) in [7, 11) is 0. The number of nitrogens with zero attached hydrogens (tertiary/aromatic N) is 5. The fourth-order valence-corrected chi connectivity index (χ4v) is 6.60. The molecule has 5 aromatic rings. The Morgan fingerprint density at radius 3 is 2.10 bits per heavy atom. The molecule has 6 rings (SSSR count). The third kappa shape index (κ3) is 9.00. The van der Waals surface area contributed by atoms with Gasteiger partial charge in [0.1, 0.15) is 46.2 Å². The molecule has 0 bridgehead atoms. The fraction of sp³-hybridized carbons (Fsp3) is 0.282. The second kappa shape index (κ2) is 18.2. The van der Waals surface area contributed by atoms with E-state index in [1.165, 1.54) is 50.8 Å². The van der Waals surface area contributed by atoms with Crippen molar-refractivity contribution in [1.82, 2.24) is 40.5 Å². The molecular weight excluding hydrogens is 815 g/mol. The third-order valence-electron chi connectivity index (χ3n) is 9.10. The van der Waals surface area contributed by atoms with Crippen molar-refractivity contribution in [3.8, 4) is 28.4 Å². The largest absolute Gasteiger partial charge is 0.507 e. The van der Waals surface area contributed by atoms with Crippen LogP contribution in [0.3, 0.4) is 0 Å². The van der Waals surface area contributed by atoms with E-state index >= 15 is 0 Å². The van der Waals surface area contributed by atoms with Gasteiger partial charge in [-0.05, 0) is 50.1 Å². The molecule has 0 aliphatic carbocycles. The van der Waals surface area contributed by atoms with Crippen LogP contribution in [0.15, 0.2) is 54.9 Å². The summed E-state index contributed by atoms with van der Waals surface area (Å²) in [4.78, 5) is 55.3. The summed E-state index contributed by atoms with van der Waals surface area (Å²) in [6, 6.07) is 10.0. The SMILES string of the molecule is CCCCOC(=O)CN1C=C(c2ccc(C(=O)c3[nH]c(Cl)c(Cl)c3-n3c(C(=O)c4ccc(-c5cn(CC(=O)OCCCC)nn5)cc4O)cc(Cl)c3C)c(O)c2)NN1. The monoisotopic (exact) mass is 852 g/mol. The highest BCUT2D eigenvalue weighted by molar-refractivity contribution is 6.43. The summed E-state index contributed by atoms with van der Waals surface area (Å²) in [6.07, 6.45) is 6.42. The van der Waals surface area contributed by atoms with Crippen LogP contribution in [-0.4, -0.2) is 83.0 Å². The van der Waals surface area contributed by atoms with Crippen molar-refractivity contribution in [2.24, 2.45) is 0 Å². The van der Waals surface area contributed by atoms with Gasteiger partial charge in [0.05, 0.1) is 52.6 Å². The van der Waals surface area contributed by atoms with Gasteiger partial charge in [-0.2, -0.15) is 0 Å². The number of hydrogen-bond acceptors (Lipinski definition) is 13. The molecule has 1 aliphatic heterocycles. The molecule has 0 spiro atoms. The standard InChI is InChI=1S/C39H39Cl3N8O8/c1-4-6-12-57-32(53)19-48-17-27(44-46-48)22-8-10-24(30(51)14-22)37(55)29-16-26(40)21(3)50(29)36-34(41)39(42)43-35(36)38(56)25-11-9-23(15-31(25)52)28-18-49(47-45-28)20-33(54)58-13-7-5-2/h8-11,14-18,43,45,47,51-52H,4-7,12-13,19-20H2,1-3H3. The Bertz CT molecular complexity index is 2420. The number of nitrogens with one attached hydrogen (secondary N) is 3. The highest BCUT2D eigenvalue weighted by Gasteiger charge is 2.31. The van der Waals surface area contributed by atoms with Gasteiger partial charge in [-0.1, -0.05) is 78.8 Å². The van der Waals surface area contributed by atoms with E-state index in [1.807, 2.05) is 13.8 Å². The first-order chi connectivity index (χ1) is 27.8. The van der Waals surface area contributed by atoms with Crippen LogP contribution >= 0.6 is 34.8 Å². The molecule has 1 aliphatic rings. The van der Waals surface area contributed by atoms with Crippen molar-refractivity contribution in [1.29, 1.82) is 0 Å². The molecule has 0 saturated carbocycles. The average molecular weight is 854 g/mol. The lowest BCUT2D eigenvalue weighted by atomic mass is 10.0. The normalized spacial score (nSPS) is 12.4. The van der Waals surface area contributed by atoms with Crippen molar-refractivity contribution < 1.29 is 38.9 Å². The molecule has 0 atom stereocenters. The molecular formula is C39H39Cl3N8O8. The molecule has 19 heteroatoms. The van der Waals surface area contributed by atoms with Crippen molar-refractivity contribution in [3.63, 3.8) is 0 Å². The summed E-state index contributed by atoms with van der Waals surface area (Å²) >= 11 is 19.7. The number of hydrogen-bond donors (Lipinski definition) is 5. The van der Waals surface area contributed by atoms with Crippen LogP contribution in [0.4, 0.5) is 0 Å². The Labute approximate surface area is 347 Å². The minimum atomic E-state index is -0.715. The maximum Gasteiger partial charge on any atom is 0.327 e. The van der Waals surface area contributed by atoms with Gasteiger partial charge in [0.15, 0.2) is 0 Å². The second-order valence-electron chi connectivity index (χ2n) is 13.3. The summed E-state index contributed by atoms with van der Waals surface area (Å²) < 4.78 is 13.0. The van der Waals surface area contributed by atoms with Crippen LogP contribution < -0.4 is 11.0 Å². The number of phenolic OH excluding ortho intramolecular Hbond substituents is 2. The number of H-pyrrole nitrogens is 1. The van der Waals surface area contributed by atoms with Crippen molar-refractivity contribution in [3.05, 3.63) is 104 Å². The zero-order valence-corrected chi connectivity index (χ0v) is 33.8. The number of carbonyl (C=O) groups is 4. The van der Waals surface area contributed by atoms with Crippen LogP contribution in [0.1, 0.15) is 82.9 Å². The number of aromatic nitrogens is 5. The number of aromatic amines is 1. The molecule has 58 heavy (non-hydrogen) atoms. The molecule has 5 N–H and O–H groups in total. The van der Waals surface area contributed by atoms with E-state index in [4.69, 9.17) is 44.3 Å². The number of rotatable bonds is 17. The maximum absolute atomic E-state index is 14.2. The highest BCUT2D eigenvalue weighted by Crippen LogP contribution is 2.39. The molecule has 4 heterocycles. The first-order valence-electron chi connectivity index (χ1n) is 18.2. The van der Waals surface area contributed by atoms with E-state index in [1.54, 1.807) is 25.3 Å². The summed E-state index contributed by atoms with van der Waals surface area (Å²) in [5, 5.41) is 31.7. The first kappa shape index (κ1) is 41.8. The number of benzene rings is 2. The quantitative estimate of drug-likeness (QED) is 0.0385. The predicted molar refractivity (Wildman–Crippen MR) is 215 cm³/mol. The number of ether oxygens (including phenoxy) is 2. The van der Waals surface area contributed by atoms with Gasteiger partial charge < -0.3 is 34.7 Å². The Morgan fingerprint density at radius 1 is 0.828 bits per heavy atom. The lowest BCUT2D eigenvalue weighted by Crippen LogP contribution is -2.39. The van der Waals surface area contributed by atoms with Crippen molar-refractivity contribution in [2.45, 2.75) is 53.0 Å². The van der Waals surface area contributed by atoms with E-state index < -0.39 is 29.3 Å². The molecule has 3 aromatic heterocycles. The molecule has 0 unspecified atom stereocenters. The number of unbranched alkanes of at least 4 members (excludes halogenated alkanes) is 2. The van der Waals surface area contributed by atoms with Crippen molar-refractivity contribution in [2.75, 3.05) is 19.8 Å². The van der Waals surface area contributed by atoms with Crippen molar-refractivity contribution >= 4 is 64.0 Å². The third-order valence-corrected chi connectivity index (χ3v) is 10.2. The molecule has 0 fully saturated rings. The summed E-state index contributed by atoms with van der Waals surface area (Å²) in [5.41, 5.74) is 7.35. The molecule has 0 amide bonds. The Morgan fingerprint density at radius 2 is 1.45 bits per heavy atom. The number of halogens is 3. The van der Waals surface area contributed by atoms with Gasteiger partial charge in [0.2, 0.25) is 11.6 Å². The molecule has 0 saturated heterocycles. The molecule has 16 nitrogen and oxygen atoms in total. The highest BCUT2D eigenvalue weighted by atomic mass is 35.5. The Kier molecular flexibility index (Phi) is 13.1. The lowest BCUT2D eigenvalue weighted by molar-refractivity contribution is -0.145. The van der Waals surface area contributed by atoms with Crippen LogP contribution in [0.5, 0.6) is 11.5 Å². The predicted octanol–water partition coefficient (Wildman–Crippen LogP) is 6.52. The summed E-state index contributed by atoms with van der Waals surface area (Å²) in [6.45, 7) is 6.01. The first-order valence-corrected chi connectivity index (χ1v) is 19.4. The van der Waals surface area contributed by atoms with Gasteiger partial charge in [-0.25, -0.2) is 4.68 Å². The Hall–Kier alpha value is -5.81. The zero-order valence-electron chi connectivity index (χ0n) is 31.6. The molecule has 304 valence electrons. The number of aromatic hydroxyl groups is 2. The number of hydrazine groups is 2. The van der Waals surface area contributed by atoms with Crippen LogP contribution in [-0.2, 0) is 25.6 Å². The van der Waals surface area contributed by atoms with Gasteiger partial charge >= 0.3 is 11.9 Å². The minimum Gasteiger partial charge on any atom is -0.507 e. The maximum atomic E-state index is 14.2. The number of carbonyl (C=O) groups excluding carboxylic acids is 4.